The Hall–Kier alpha value is -3.66. The molecule has 0 spiro atoms. The molecule has 2 heterocycles. The summed E-state index contributed by atoms with van der Waals surface area (Å²) in [6, 6.07) is 35.8. The van der Waals surface area contributed by atoms with Crippen LogP contribution in [0, 0.1) is 0 Å². The number of nitrogens with one attached hydrogen (secondary N) is 1. The Morgan fingerprint density at radius 1 is 0.596 bits per heavy atom. The molecular weight excluding hydrogens is 666 g/mol. The number of alkyl halides is 3. The van der Waals surface area contributed by atoms with Crippen molar-refractivity contribution in [3.63, 3.8) is 0 Å². The van der Waals surface area contributed by atoms with E-state index in [1.54, 1.807) is 0 Å². The summed E-state index contributed by atoms with van der Waals surface area (Å²) in [5.74, 6) is 3.45. The van der Waals surface area contributed by atoms with Crippen molar-refractivity contribution in [1.29, 1.82) is 0 Å². The van der Waals surface area contributed by atoms with Gasteiger partial charge in [-0.05, 0) is 72.5 Å². The van der Waals surface area contributed by atoms with E-state index in [0.717, 1.165) is 66.6 Å². The highest BCUT2D eigenvalue weighted by molar-refractivity contribution is 9.09. The van der Waals surface area contributed by atoms with Gasteiger partial charge in [0.25, 0.3) is 0 Å². The van der Waals surface area contributed by atoms with Gasteiger partial charge in [0.2, 0.25) is 0 Å². The Balaban J connectivity index is 0.000000189. The van der Waals surface area contributed by atoms with E-state index in [2.05, 4.69) is 38.3 Å². The number of halogens is 3. The lowest BCUT2D eigenvalue weighted by Gasteiger charge is -2.38. The summed E-state index contributed by atoms with van der Waals surface area (Å²) in [7, 11) is 0. The number of hydrogen-bond acceptors (Lipinski definition) is 6. The van der Waals surface area contributed by atoms with Crippen molar-refractivity contribution in [3.8, 4) is 23.0 Å². The second-order valence-electron chi connectivity index (χ2n) is 11.2. The highest BCUT2D eigenvalue weighted by Gasteiger charge is 2.27. The van der Waals surface area contributed by atoms with E-state index in [9.17, 15) is 8.78 Å². The molecule has 0 aliphatic carbocycles. The summed E-state index contributed by atoms with van der Waals surface area (Å²) in [6.45, 7) is 5.16. The third-order valence-electron chi connectivity index (χ3n) is 7.29. The van der Waals surface area contributed by atoms with Crippen molar-refractivity contribution in [2.45, 2.75) is 38.3 Å². The first-order valence-corrected chi connectivity index (χ1v) is 17.2. The molecule has 252 valence electrons. The zero-order chi connectivity index (χ0) is 32.9. The molecule has 2 fully saturated rings. The first-order valence-electron chi connectivity index (χ1n) is 16.1. The number of nitrogens with zero attached hydrogens (tertiary/aromatic N) is 1. The van der Waals surface area contributed by atoms with E-state index in [0.29, 0.717) is 32.2 Å². The number of rotatable bonds is 15. The van der Waals surface area contributed by atoms with Gasteiger partial charge in [-0.25, -0.2) is 0 Å². The molecule has 1 N–H and O–H groups in total. The van der Waals surface area contributed by atoms with Crippen LogP contribution in [-0.4, -0.2) is 68.5 Å². The fourth-order valence-corrected chi connectivity index (χ4v) is 4.77. The highest BCUT2D eigenvalue weighted by Crippen LogP contribution is 2.23. The van der Waals surface area contributed by atoms with Crippen molar-refractivity contribution in [3.05, 3.63) is 120 Å². The van der Waals surface area contributed by atoms with Crippen molar-refractivity contribution >= 4 is 15.9 Å². The predicted octanol–water partition coefficient (Wildman–Crippen LogP) is 8.05. The monoisotopic (exact) mass is 710 g/mol. The molecule has 0 atom stereocenters. The van der Waals surface area contributed by atoms with Crippen LogP contribution in [0.2, 0.25) is 0 Å². The predicted molar refractivity (Wildman–Crippen MR) is 188 cm³/mol. The van der Waals surface area contributed by atoms with Crippen molar-refractivity contribution in [2.24, 2.45) is 0 Å². The molecule has 9 heteroatoms. The first kappa shape index (κ1) is 36.2. The van der Waals surface area contributed by atoms with E-state index in [-0.39, 0.29) is 19.5 Å². The highest BCUT2D eigenvalue weighted by atomic mass is 79.9. The molecule has 0 unspecified atom stereocenters. The lowest BCUT2D eigenvalue weighted by molar-refractivity contribution is 0.0184. The van der Waals surface area contributed by atoms with Gasteiger partial charge in [-0.15, -0.1) is 0 Å². The fraction of sp³-hybridized carbons (Fsp3) is 0.368. The number of likely N-dealkylation sites (tertiary alicyclic amines) is 1. The average molecular weight is 712 g/mol. The maximum Gasteiger partial charge on any atom is 0.124 e. The Bertz CT molecular complexity index is 1360. The second kappa shape index (κ2) is 21.3. The Kier molecular flexibility index (Phi) is 16.4. The molecule has 0 amide bonds. The summed E-state index contributed by atoms with van der Waals surface area (Å²) in [5.41, 5.74) is 2.32. The topological polar surface area (TPSA) is 52.2 Å². The Labute approximate surface area is 286 Å². The van der Waals surface area contributed by atoms with Gasteiger partial charge in [-0.3, -0.25) is 13.7 Å². The van der Waals surface area contributed by atoms with Crippen LogP contribution in [0.4, 0.5) is 8.78 Å². The smallest absolute Gasteiger partial charge is 0.124 e. The van der Waals surface area contributed by atoms with Crippen molar-refractivity contribution in [1.82, 2.24) is 10.2 Å². The zero-order valence-electron chi connectivity index (χ0n) is 26.7. The fourth-order valence-electron chi connectivity index (χ4n) is 4.55. The van der Waals surface area contributed by atoms with Crippen LogP contribution in [0.5, 0.6) is 23.0 Å². The number of hydrogen-bond donors (Lipinski definition) is 1. The molecule has 0 radical (unpaired) electrons. The maximum atomic E-state index is 12.1. The minimum atomic E-state index is -0.244. The quantitative estimate of drug-likeness (QED) is 0.126. The molecule has 2 saturated heterocycles. The van der Waals surface area contributed by atoms with E-state index >= 15 is 0 Å². The number of ether oxygens (including phenoxy) is 4. The van der Waals surface area contributed by atoms with Crippen LogP contribution in [-0.2, 0) is 13.2 Å². The summed E-state index contributed by atoms with van der Waals surface area (Å²) in [5, 5.41) is 3.96. The normalized spacial score (nSPS) is 14.3. The Morgan fingerprint density at radius 2 is 1.04 bits per heavy atom. The van der Waals surface area contributed by atoms with Gasteiger partial charge < -0.3 is 24.3 Å². The van der Waals surface area contributed by atoms with Gasteiger partial charge in [0.1, 0.15) is 48.4 Å². The molecule has 2 aliphatic heterocycles. The molecule has 0 saturated carbocycles. The molecule has 6 nitrogen and oxygen atoms in total. The summed E-state index contributed by atoms with van der Waals surface area (Å²) < 4.78 is 46.2. The average Bonchev–Trinajstić information content (AvgIpc) is 3.08. The maximum absolute atomic E-state index is 12.1. The van der Waals surface area contributed by atoms with Gasteiger partial charge >= 0.3 is 0 Å². The van der Waals surface area contributed by atoms with Crippen LogP contribution in [0.1, 0.15) is 24.0 Å². The van der Waals surface area contributed by atoms with Gasteiger partial charge in [0.05, 0.1) is 13.3 Å². The second-order valence-corrected chi connectivity index (χ2v) is 12.0. The lowest BCUT2D eigenvalue weighted by atomic mass is 10.1. The molecular formula is C38H45BrF2N2O4. The molecule has 6 rings (SSSR count). The van der Waals surface area contributed by atoms with Gasteiger partial charge in [0, 0.05) is 38.1 Å². The van der Waals surface area contributed by atoms with E-state index < -0.39 is 0 Å². The van der Waals surface area contributed by atoms with Crippen LogP contribution >= 0.6 is 15.9 Å². The van der Waals surface area contributed by atoms with Crippen LogP contribution < -0.4 is 24.3 Å². The van der Waals surface area contributed by atoms with Crippen LogP contribution in [0.3, 0.4) is 0 Å². The minimum Gasteiger partial charge on any atom is -0.489 e. The van der Waals surface area contributed by atoms with E-state index in [1.807, 2.05) is 97.1 Å². The van der Waals surface area contributed by atoms with E-state index in [4.69, 9.17) is 18.9 Å². The summed E-state index contributed by atoms with van der Waals surface area (Å²) in [6.07, 6.45) is 1.78. The van der Waals surface area contributed by atoms with Crippen molar-refractivity contribution in [2.75, 3.05) is 51.4 Å². The van der Waals surface area contributed by atoms with Gasteiger partial charge in [-0.2, -0.15) is 0 Å². The molecule has 47 heavy (non-hydrogen) atoms. The molecule has 0 bridgehead atoms. The Morgan fingerprint density at radius 3 is 1.43 bits per heavy atom. The molecule has 2 aliphatic rings. The van der Waals surface area contributed by atoms with E-state index in [1.165, 1.54) is 5.56 Å². The third-order valence-corrected chi connectivity index (χ3v) is 7.85. The standard InChI is InChI=1S/C19H22FNO2.C16H17NO2.C3H6BrF/c20-11-4-12-21-13-19(14-21)23-18-9-7-17(8-10-18)22-15-16-5-2-1-3-6-16;1-2-4-13(5-3-1)12-18-14-6-8-15(9-7-14)19-16-10-17-11-16;4-2-1-3-5/h1-3,5-10,19H,4,11-15H2;1-9,16-17H,10-12H2;1-3H2. The van der Waals surface area contributed by atoms with Crippen molar-refractivity contribution < 1.29 is 27.7 Å². The minimum absolute atomic E-state index is 0.203. The zero-order valence-corrected chi connectivity index (χ0v) is 28.3. The SMILES string of the molecule is FCCCBr.FCCCN1CC(Oc2ccc(OCc3ccccc3)cc2)C1.c1ccc(COc2ccc(OC3CNC3)cc2)cc1. The van der Waals surface area contributed by atoms with Crippen LogP contribution in [0.25, 0.3) is 0 Å². The molecule has 4 aromatic rings. The lowest BCUT2D eigenvalue weighted by Crippen LogP contribution is -2.53. The van der Waals surface area contributed by atoms with Gasteiger partial charge in [-0.1, -0.05) is 76.6 Å². The first-order chi connectivity index (χ1) is 23.1. The summed E-state index contributed by atoms with van der Waals surface area (Å²) >= 11 is 3.07. The number of benzene rings is 4. The molecule has 0 aromatic heterocycles. The molecule has 4 aromatic carbocycles. The summed E-state index contributed by atoms with van der Waals surface area (Å²) in [4.78, 5) is 2.21. The van der Waals surface area contributed by atoms with Gasteiger partial charge in [0.15, 0.2) is 0 Å². The van der Waals surface area contributed by atoms with Crippen LogP contribution in [0.15, 0.2) is 109 Å². The largest absolute Gasteiger partial charge is 0.489 e. The third kappa shape index (κ3) is 13.9.